The van der Waals surface area contributed by atoms with Gasteiger partial charge in [0.15, 0.2) is 0 Å². The molecule has 4 nitrogen and oxygen atoms in total. The quantitative estimate of drug-likeness (QED) is 0.372. The molecular weight excluding hydrogens is 386 g/mol. The van der Waals surface area contributed by atoms with Crippen LogP contribution in [0.1, 0.15) is 70.3 Å². The van der Waals surface area contributed by atoms with Crippen molar-refractivity contribution in [2.45, 2.75) is 77.2 Å². The van der Waals surface area contributed by atoms with Crippen molar-refractivity contribution in [2.75, 3.05) is 0 Å². The highest BCUT2D eigenvalue weighted by Crippen LogP contribution is 2.62. The SMILES string of the molecule is C[C@]12CC[C@H]3[C@@H](CCC4=CC(=NO)CC[C@@H]43)[C@@H]1CC[C@@H]2OC(=O)CCc1ccccc1. The maximum Gasteiger partial charge on any atom is 0.306 e. The molecule has 0 saturated heterocycles. The molecule has 5 rings (SSSR count). The lowest BCUT2D eigenvalue weighted by molar-refractivity contribution is -0.158. The van der Waals surface area contributed by atoms with Crippen LogP contribution < -0.4 is 0 Å². The summed E-state index contributed by atoms with van der Waals surface area (Å²) in [5.74, 6) is 2.82. The van der Waals surface area contributed by atoms with Crippen LogP contribution in [0.15, 0.2) is 47.1 Å². The number of ether oxygens (including phenoxy) is 1. The molecule has 4 heteroatoms. The van der Waals surface area contributed by atoms with Crippen molar-refractivity contribution < 1.29 is 14.7 Å². The summed E-state index contributed by atoms with van der Waals surface area (Å²) in [6.45, 7) is 2.40. The van der Waals surface area contributed by atoms with Gasteiger partial charge in [-0.05, 0) is 93.1 Å². The molecule has 1 aromatic rings. The molecule has 3 fully saturated rings. The van der Waals surface area contributed by atoms with Crippen molar-refractivity contribution in [3.05, 3.63) is 47.5 Å². The zero-order chi connectivity index (χ0) is 21.4. The fraction of sp³-hybridized carbons (Fsp3) is 0.630. The van der Waals surface area contributed by atoms with Crippen LogP contribution in [-0.2, 0) is 16.0 Å². The molecule has 0 radical (unpaired) electrons. The highest BCUT2D eigenvalue weighted by atomic mass is 16.5. The van der Waals surface area contributed by atoms with Crippen molar-refractivity contribution >= 4 is 11.7 Å². The van der Waals surface area contributed by atoms with Crippen LogP contribution in [0.25, 0.3) is 0 Å². The number of esters is 1. The predicted octanol–water partition coefficient (Wildman–Crippen LogP) is 5.93. The van der Waals surface area contributed by atoms with Gasteiger partial charge in [-0.1, -0.05) is 48.0 Å². The third-order valence-electron chi connectivity index (χ3n) is 9.09. The van der Waals surface area contributed by atoms with E-state index in [2.05, 4.69) is 30.3 Å². The van der Waals surface area contributed by atoms with Crippen molar-refractivity contribution in [3.8, 4) is 0 Å². The van der Waals surface area contributed by atoms with Crippen molar-refractivity contribution in [3.63, 3.8) is 0 Å². The molecule has 31 heavy (non-hydrogen) atoms. The Kier molecular flexibility index (Phi) is 5.66. The Labute approximate surface area is 185 Å². The Morgan fingerprint density at radius 2 is 1.94 bits per heavy atom. The molecule has 0 amide bonds. The minimum absolute atomic E-state index is 0.0326. The molecule has 166 valence electrons. The Balaban J connectivity index is 1.23. The highest BCUT2D eigenvalue weighted by molar-refractivity contribution is 5.96. The van der Waals surface area contributed by atoms with E-state index in [1.807, 2.05) is 18.2 Å². The van der Waals surface area contributed by atoms with Gasteiger partial charge in [0.25, 0.3) is 0 Å². The number of fused-ring (bicyclic) bond motifs is 5. The first-order valence-corrected chi connectivity index (χ1v) is 12.2. The fourth-order valence-electron chi connectivity index (χ4n) is 7.53. The van der Waals surface area contributed by atoms with Crippen LogP contribution >= 0.6 is 0 Å². The second-order valence-electron chi connectivity index (χ2n) is 10.5. The molecule has 0 aliphatic heterocycles. The monoisotopic (exact) mass is 421 g/mol. The van der Waals surface area contributed by atoms with Crippen LogP contribution in [0, 0.1) is 29.1 Å². The molecule has 1 N–H and O–H groups in total. The number of oxime groups is 1. The lowest BCUT2D eigenvalue weighted by Crippen LogP contribution is -2.48. The van der Waals surface area contributed by atoms with Gasteiger partial charge in [0.2, 0.25) is 0 Å². The van der Waals surface area contributed by atoms with E-state index in [4.69, 9.17) is 4.74 Å². The first kappa shape index (κ1) is 20.8. The standard InChI is InChI=1S/C27H35NO3/c1-27-16-15-22-21-11-9-20(28-30)17-19(21)8-10-23(22)24(27)12-13-25(27)31-26(29)14-7-18-5-3-2-4-6-18/h2-6,17,21-25,30H,7-16H2,1H3/t21-,22+,23+,24-,25-,27-/m0/s1. The van der Waals surface area contributed by atoms with Crippen molar-refractivity contribution in [1.29, 1.82) is 0 Å². The summed E-state index contributed by atoms with van der Waals surface area (Å²) < 4.78 is 6.13. The first-order valence-electron chi connectivity index (χ1n) is 12.2. The number of allylic oxidation sites excluding steroid dienone is 2. The van der Waals surface area contributed by atoms with Gasteiger partial charge in [-0.3, -0.25) is 4.79 Å². The summed E-state index contributed by atoms with van der Waals surface area (Å²) in [6.07, 6.45) is 12.5. The van der Waals surface area contributed by atoms with Crippen LogP contribution in [0.4, 0.5) is 0 Å². The van der Waals surface area contributed by atoms with Crippen LogP contribution in [0.3, 0.4) is 0 Å². The smallest absolute Gasteiger partial charge is 0.306 e. The Hall–Kier alpha value is -2.10. The molecule has 4 aliphatic rings. The minimum atomic E-state index is -0.0326. The number of benzene rings is 1. The molecule has 1 aromatic carbocycles. The van der Waals surface area contributed by atoms with Crippen molar-refractivity contribution in [2.24, 2.45) is 34.2 Å². The first-order chi connectivity index (χ1) is 15.1. The molecule has 0 bridgehead atoms. The van der Waals surface area contributed by atoms with Gasteiger partial charge in [-0.2, -0.15) is 0 Å². The van der Waals surface area contributed by atoms with E-state index < -0.39 is 0 Å². The van der Waals surface area contributed by atoms with Gasteiger partial charge >= 0.3 is 5.97 Å². The maximum absolute atomic E-state index is 12.7. The van der Waals surface area contributed by atoms with E-state index in [1.165, 1.54) is 36.8 Å². The number of carbonyl (C=O) groups excluding carboxylic acids is 1. The molecule has 4 aliphatic carbocycles. The Morgan fingerprint density at radius 1 is 1.10 bits per heavy atom. The number of nitrogens with zero attached hydrogens (tertiary/aromatic N) is 1. The van der Waals surface area contributed by atoms with Crippen molar-refractivity contribution in [1.82, 2.24) is 0 Å². The topological polar surface area (TPSA) is 58.9 Å². The zero-order valence-corrected chi connectivity index (χ0v) is 18.6. The highest BCUT2D eigenvalue weighted by Gasteiger charge is 2.57. The predicted molar refractivity (Wildman–Crippen MR) is 121 cm³/mol. The Bertz CT molecular complexity index is 876. The molecule has 6 atom stereocenters. The third-order valence-corrected chi connectivity index (χ3v) is 9.09. The molecule has 0 heterocycles. The van der Waals surface area contributed by atoms with E-state index in [9.17, 15) is 10.0 Å². The second-order valence-corrected chi connectivity index (χ2v) is 10.5. The molecule has 0 spiro atoms. The molecule has 0 aromatic heterocycles. The van der Waals surface area contributed by atoms with Gasteiger partial charge in [0.1, 0.15) is 6.10 Å². The lowest BCUT2D eigenvalue weighted by Gasteiger charge is -2.53. The Morgan fingerprint density at radius 3 is 2.74 bits per heavy atom. The van der Waals surface area contributed by atoms with Crippen LogP contribution in [-0.4, -0.2) is 23.0 Å². The average molecular weight is 422 g/mol. The second kappa shape index (κ2) is 8.44. The normalized spacial score (nSPS) is 38.0. The summed E-state index contributed by atoms with van der Waals surface area (Å²) >= 11 is 0. The minimum Gasteiger partial charge on any atom is -0.462 e. The zero-order valence-electron chi connectivity index (χ0n) is 18.6. The maximum atomic E-state index is 12.7. The van der Waals surface area contributed by atoms with E-state index in [0.29, 0.717) is 18.3 Å². The van der Waals surface area contributed by atoms with Gasteiger partial charge < -0.3 is 9.94 Å². The van der Waals surface area contributed by atoms with Crippen LogP contribution in [0.5, 0.6) is 0 Å². The van der Waals surface area contributed by atoms with Crippen LogP contribution in [0.2, 0.25) is 0 Å². The number of hydrogen-bond acceptors (Lipinski definition) is 4. The van der Waals surface area contributed by atoms with Gasteiger partial charge in [0.05, 0.1) is 5.71 Å². The molecular formula is C27H35NO3. The summed E-state index contributed by atoms with van der Waals surface area (Å²) in [7, 11) is 0. The summed E-state index contributed by atoms with van der Waals surface area (Å²) in [5, 5.41) is 12.6. The van der Waals surface area contributed by atoms with Gasteiger partial charge in [0, 0.05) is 11.8 Å². The molecule has 3 saturated carbocycles. The van der Waals surface area contributed by atoms with E-state index in [-0.39, 0.29) is 17.5 Å². The van der Waals surface area contributed by atoms with E-state index >= 15 is 0 Å². The van der Waals surface area contributed by atoms with E-state index in [0.717, 1.165) is 49.7 Å². The average Bonchev–Trinajstić information content (AvgIpc) is 3.13. The number of hydrogen-bond donors (Lipinski definition) is 1. The summed E-state index contributed by atoms with van der Waals surface area (Å²) in [5.41, 5.74) is 3.71. The summed E-state index contributed by atoms with van der Waals surface area (Å²) in [6, 6.07) is 10.2. The van der Waals surface area contributed by atoms with E-state index in [1.54, 1.807) is 0 Å². The number of aryl methyl sites for hydroxylation is 1. The largest absolute Gasteiger partial charge is 0.462 e. The van der Waals surface area contributed by atoms with Gasteiger partial charge in [-0.25, -0.2) is 0 Å². The molecule has 0 unspecified atom stereocenters. The third kappa shape index (κ3) is 3.83. The summed E-state index contributed by atoms with van der Waals surface area (Å²) in [4.78, 5) is 12.7. The van der Waals surface area contributed by atoms with Gasteiger partial charge in [-0.15, -0.1) is 0 Å². The number of rotatable bonds is 4. The lowest BCUT2D eigenvalue weighted by atomic mass is 9.52. The number of carbonyl (C=O) groups is 1. The fourth-order valence-corrected chi connectivity index (χ4v) is 7.53.